The van der Waals surface area contributed by atoms with E-state index < -0.39 is 41.8 Å². The first-order valence-electron chi connectivity index (χ1n) is 5.03. The number of methoxy groups -OCH3 is 1. The van der Waals surface area contributed by atoms with Gasteiger partial charge in [-0.2, -0.15) is 13.2 Å². The van der Waals surface area contributed by atoms with Crippen LogP contribution in [0.3, 0.4) is 0 Å². The molecular weight excluding hydrogens is 423 g/mol. The summed E-state index contributed by atoms with van der Waals surface area (Å²) in [5, 5.41) is 0. The Morgan fingerprint density at radius 3 is 2.29 bits per heavy atom. The Morgan fingerprint density at radius 2 is 1.86 bits per heavy atom. The number of halogens is 7. The number of ether oxygens (including phenoxy) is 2. The van der Waals surface area contributed by atoms with Crippen LogP contribution in [0.25, 0.3) is 0 Å². The van der Waals surface area contributed by atoms with Crippen LogP contribution in [0.4, 0.5) is 26.3 Å². The normalized spacial score (nSPS) is 12.2. The van der Waals surface area contributed by atoms with Crippen LogP contribution >= 0.6 is 22.6 Å². The summed E-state index contributed by atoms with van der Waals surface area (Å²) in [7, 11) is 0.945. The lowest BCUT2D eigenvalue weighted by Gasteiger charge is -2.18. The Bertz CT molecular complexity index is 543. The molecule has 0 saturated heterocycles. The zero-order valence-electron chi connectivity index (χ0n) is 10.1. The molecule has 0 bridgehead atoms. The van der Waals surface area contributed by atoms with E-state index in [1.165, 1.54) is 22.6 Å². The molecule has 1 aromatic rings. The molecule has 0 fully saturated rings. The van der Waals surface area contributed by atoms with Crippen molar-refractivity contribution in [2.45, 2.75) is 19.0 Å². The van der Waals surface area contributed by atoms with Gasteiger partial charge in [-0.05, 0) is 22.6 Å². The van der Waals surface area contributed by atoms with Crippen LogP contribution in [0.2, 0.25) is 0 Å². The highest BCUT2D eigenvalue weighted by molar-refractivity contribution is 14.1. The van der Waals surface area contributed by atoms with Crippen molar-refractivity contribution in [2.24, 2.45) is 0 Å². The maximum atomic E-state index is 12.7. The van der Waals surface area contributed by atoms with Crippen LogP contribution in [0.5, 0.6) is 5.75 Å². The van der Waals surface area contributed by atoms with Crippen molar-refractivity contribution in [3.8, 4) is 5.75 Å². The van der Waals surface area contributed by atoms with Gasteiger partial charge in [0.15, 0.2) is 0 Å². The fourth-order valence-corrected chi connectivity index (χ4v) is 1.89. The van der Waals surface area contributed by atoms with Crippen molar-refractivity contribution in [3.05, 3.63) is 21.0 Å². The molecule has 0 N–H and O–H groups in total. The van der Waals surface area contributed by atoms with Gasteiger partial charge < -0.3 is 9.47 Å². The summed E-state index contributed by atoms with van der Waals surface area (Å²) in [6, 6.07) is 0. The van der Waals surface area contributed by atoms with Gasteiger partial charge in [-0.15, -0.1) is 13.2 Å². The Morgan fingerprint density at radius 1 is 1.29 bits per heavy atom. The first-order chi connectivity index (χ1) is 9.45. The third-order valence-electron chi connectivity index (χ3n) is 2.15. The van der Waals surface area contributed by atoms with E-state index in [-0.39, 0.29) is 9.90 Å². The standard InChI is InChI=1S/C10H6F6INO3/c1-20-6(19)2-4-7(21-10(14,15)16)5(9(11,12)13)3-18-8(4)17/h3H,2H2,1H3. The molecule has 0 aliphatic heterocycles. The highest BCUT2D eigenvalue weighted by Gasteiger charge is 2.42. The predicted molar refractivity (Wildman–Crippen MR) is 64.4 cm³/mol. The first-order valence-corrected chi connectivity index (χ1v) is 6.10. The van der Waals surface area contributed by atoms with E-state index in [0.717, 1.165) is 7.11 Å². The van der Waals surface area contributed by atoms with Crippen molar-refractivity contribution >= 4 is 28.6 Å². The molecule has 1 aromatic heterocycles. The number of rotatable bonds is 3. The summed E-state index contributed by atoms with van der Waals surface area (Å²) >= 11 is 1.40. The Kier molecular flexibility index (Phi) is 5.28. The monoisotopic (exact) mass is 429 g/mol. The highest BCUT2D eigenvalue weighted by Crippen LogP contribution is 2.41. The van der Waals surface area contributed by atoms with Crippen LogP contribution in [-0.4, -0.2) is 24.4 Å². The summed E-state index contributed by atoms with van der Waals surface area (Å²) in [6.07, 6.45) is -11.1. The van der Waals surface area contributed by atoms with Gasteiger partial charge in [0.1, 0.15) is 15.0 Å². The number of pyridine rings is 1. The number of hydrogen-bond acceptors (Lipinski definition) is 4. The zero-order valence-corrected chi connectivity index (χ0v) is 12.3. The Labute approximate surface area is 127 Å². The second-order valence-corrected chi connectivity index (χ2v) is 4.59. The van der Waals surface area contributed by atoms with Crippen molar-refractivity contribution in [3.63, 3.8) is 0 Å². The second kappa shape index (κ2) is 6.23. The second-order valence-electron chi connectivity index (χ2n) is 3.57. The fourth-order valence-electron chi connectivity index (χ4n) is 1.32. The first kappa shape index (κ1) is 17.8. The lowest BCUT2D eigenvalue weighted by Crippen LogP contribution is -2.23. The molecule has 0 aliphatic rings. The minimum Gasteiger partial charge on any atom is -0.469 e. The van der Waals surface area contributed by atoms with Gasteiger partial charge in [-0.25, -0.2) is 4.98 Å². The predicted octanol–water partition coefficient (Wildman–Crippen LogP) is 3.32. The van der Waals surface area contributed by atoms with Crippen molar-refractivity contribution < 1.29 is 40.6 Å². The number of carbonyl (C=O) groups excluding carboxylic acids is 1. The number of carbonyl (C=O) groups is 1. The molecule has 1 rings (SSSR count). The Hall–Kier alpha value is -1.27. The summed E-state index contributed by atoms with van der Waals surface area (Å²) < 4.78 is 82.6. The average molecular weight is 429 g/mol. The van der Waals surface area contributed by atoms with Gasteiger partial charge in [-0.1, -0.05) is 0 Å². The molecule has 0 saturated carbocycles. The molecule has 0 unspecified atom stereocenters. The lowest BCUT2D eigenvalue weighted by molar-refractivity contribution is -0.276. The largest absolute Gasteiger partial charge is 0.573 e. The molecule has 118 valence electrons. The third-order valence-corrected chi connectivity index (χ3v) is 3.08. The SMILES string of the molecule is COC(=O)Cc1c(I)ncc(C(F)(F)F)c1OC(F)(F)F. The van der Waals surface area contributed by atoms with E-state index in [9.17, 15) is 31.1 Å². The molecule has 0 aromatic carbocycles. The summed E-state index contributed by atoms with van der Waals surface area (Å²) in [5.41, 5.74) is -2.37. The minimum absolute atomic E-state index is 0.212. The van der Waals surface area contributed by atoms with Crippen LogP contribution in [-0.2, 0) is 22.1 Å². The third kappa shape index (κ3) is 4.89. The Balaban J connectivity index is 3.48. The molecule has 1 heterocycles. The van der Waals surface area contributed by atoms with Gasteiger partial charge in [-0.3, -0.25) is 4.79 Å². The van der Waals surface area contributed by atoms with Crippen molar-refractivity contribution in [2.75, 3.05) is 7.11 Å². The molecule has 11 heteroatoms. The summed E-state index contributed by atoms with van der Waals surface area (Å²) in [5.74, 6) is -2.53. The molecule has 0 spiro atoms. The maximum Gasteiger partial charge on any atom is 0.573 e. The van der Waals surface area contributed by atoms with Crippen molar-refractivity contribution in [1.82, 2.24) is 4.98 Å². The average Bonchev–Trinajstić information content (AvgIpc) is 2.30. The van der Waals surface area contributed by atoms with Gasteiger partial charge in [0.2, 0.25) is 0 Å². The van der Waals surface area contributed by atoms with Crippen LogP contribution in [0.15, 0.2) is 6.20 Å². The summed E-state index contributed by atoms with van der Waals surface area (Å²) in [6.45, 7) is 0. The molecule has 0 atom stereocenters. The molecular formula is C10H6F6INO3. The van der Waals surface area contributed by atoms with Crippen LogP contribution in [0, 0.1) is 3.70 Å². The molecule has 21 heavy (non-hydrogen) atoms. The number of nitrogens with zero attached hydrogens (tertiary/aromatic N) is 1. The molecule has 0 aliphatic carbocycles. The highest BCUT2D eigenvalue weighted by atomic mass is 127. The molecule has 0 amide bonds. The van der Waals surface area contributed by atoms with E-state index in [1.54, 1.807) is 0 Å². The zero-order chi connectivity index (χ0) is 16.4. The van der Waals surface area contributed by atoms with E-state index in [0.29, 0.717) is 0 Å². The van der Waals surface area contributed by atoms with E-state index in [1.807, 2.05) is 0 Å². The number of esters is 1. The molecule has 4 nitrogen and oxygen atoms in total. The van der Waals surface area contributed by atoms with E-state index >= 15 is 0 Å². The van der Waals surface area contributed by atoms with Crippen molar-refractivity contribution in [1.29, 1.82) is 0 Å². The maximum absolute atomic E-state index is 12.7. The number of alkyl halides is 6. The van der Waals surface area contributed by atoms with Gasteiger partial charge in [0.05, 0.1) is 13.5 Å². The number of hydrogen-bond donors (Lipinski definition) is 0. The van der Waals surface area contributed by atoms with Crippen LogP contribution in [0.1, 0.15) is 11.1 Å². The minimum atomic E-state index is -5.35. The fraction of sp³-hybridized carbons (Fsp3) is 0.400. The lowest BCUT2D eigenvalue weighted by atomic mass is 10.1. The topological polar surface area (TPSA) is 48.4 Å². The van der Waals surface area contributed by atoms with E-state index in [4.69, 9.17) is 0 Å². The van der Waals surface area contributed by atoms with Gasteiger partial charge in [0.25, 0.3) is 0 Å². The summed E-state index contributed by atoms with van der Waals surface area (Å²) in [4.78, 5) is 14.5. The van der Waals surface area contributed by atoms with Gasteiger partial charge >= 0.3 is 18.5 Å². The van der Waals surface area contributed by atoms with E-state index in [2.05, 4.69) is 14.5 Å². The van der Waals surface area contributed by atoms with Gasteiger partial charge in [0, 0.05) is 11.8 Å². The van der Waals surface area contributed by atoms with Crippen LogP contribution < -0.4 is 4.74 Å². The number of aromatic nitrogens is 1. The molecule has 0 radical (unpaired) electrons. The quantitative estimate of drug-likeness (QED) is 0.320. The smallest absolute Gasteiger partial charge is 0.469 e.